The van der Waals surface area contributed by atoms with Crippen LogP contribution < -0.4 is 10.1 Å². The quantitative estimate of drug-likeness (QED) is 0.438. The Kier molecular flexibility index (Phi) is 4.80. The van der Waals surface area contributed by atoms with Crippen LogP contribution in [0.1, 0.15) is 34.7 Å². The van der Waals surface area contributed by atoms with E-state index in [1.807, 2.05) is 73.7 Å². The van der Waals surface area contributed by atoms with Crippen molar-refractivity contribution in [2.75, 3.05) is 5.32 Å². The van der Waals surface area contributed by atoms with E-state index in [1.54, 1.807) is 9.20 Å². The van der Waals surface area contributed by atoms with Crippen LogP contribution in [0, 0.1) is 6.92 Å². The highest BCUT2D eigenvalue weighted by Gasteiger charge is 2.33. The number of hydrogen-bond donors (Lipinski definition) is 1. The lowest BCUT2D eigenvalue weighted by atomic mass is 9.86. The maximum atomic E-state index is 12.7. The van der Waals surface area contributed by atoms with Crippen molar-refractivity contribution >= 4 is 17.4 Å². The Balaban J connectivity index is 1.31. The molecule has 1 unspecified atom stereocenters. The van der Waals surface area contributed by atoms with Crippen LogP contribution in [0.15, 0.2) is 73.1 Å². The predicted octanol–water partition coefficient (Wildman–Crippen LogP) is 3.67. The number of ether oxygens (including phenoxy) is 1. The van der Waals surface area contributed by atoms with E-state index in [1.165, 1.54) is 6.33 Å². The second-order valence-corrected chi connectivity index (χ2v) is 8.23. The summed E-state index contributed by atoms with van der Waals surface area (Å²) in [6.07, 6.45) is 1.88. The van der Waals surface area contributed by atoms with Gasteiger partial charge in [-0.05, 0) is 42.3 Å². The Morgan fingerprint density at radius 1 is 1.03 bits per heavy atom. The van der Waals surface area contributed by atoms with Crippen LogP contribution >= 0.6 is 0 Å². The van der Waals surface area contributed by atoms with Crippen molar-refractivity contribution in [3.63, 3.8) is 0 Å². The minimum Gasteiger partial charge on any atom is -0.489 e. The topological polar surface area (TPSA) is 99.2 Å². The second kappa shape index (κ2) is 8.11. The van der Waals surface area contributed by atoms with Gasteiger partial charge >= 0.3 is 0 Å². The molecule has 0 bridgehead atoms. The van der Waals surface area contributed by atoms with Crippen molar-refractivity contribution in [1.82, 2.24) is 29.6 Å². The Labute approximate surface area is 195 Å². The minimum atomic E-state index is -0.112. The van der Waals surface area contributed by atoms with Crippen LogP contribution in [-0.2, 0) is 11.4 Å². The highest BCUT2D eigenvalue weighted by molar-refractivity contribution is 5.95. The van der Waals surface area contributed by atoms with E-state index in [0.29, 0.717) is 30.3 Å². The Hall–Kier alpha value is -4.53. The lowest BCUT2D eigenvalue weighted by Gasteiger charge is -2.24. The number of hydrogen-bond acceptors (Lipinski definition) is 6. The van der Waals surface area contributed by atoms with E-state index >= 15 is 0 Å². The number of benzene rings is 2. The van der Waals surface area contributed by atoms with E-state index in [9.17, 15) is 4.79 Å². The van der Waals surface area contributed by atoms with Crippen molar-refractivity contribution in [2.45, 2.75) is 25.9 Å². The van der Waals surface area contributed by atoms with Crippen molar-refractivity contribution in [1.29, 1.82) is 0 Å². The number of aromatic nitrogens is 6. The summed E-state index contributed by atoms with van der Waals surface area (Å²) in [5.41, 5.74) is 4.62. The molecule has 4 heterocycles. The summed E-state index contributed by atoms with van der Waals surface area (Å²) >= 11 is 0. The van der Waals surface area contributed by atoms with Crippen LogP contribution in [0.25, 0.3) is 11.5 Å². The van der Waals surface area contributed by atoms with E-state index in [0.717, 1.165) is 28.1 Å². The van der Waals surface area contributed by atoms with Crippen LogP contribution in [-0.4, -0.2) is 35.5 Å². The van der Waals surface area contributed by atoms with Gasteiger partial charge in [-0.2, -0.15) is 14.3 Å². The summed E-state index contributed by atoms with van der Waals surface area (Å²) in [4.78, 5) is 12.7. The minimum absolute atomic E-state index is 0.0616. The fourth-order valence-electron chi connectivity index (χ4n) is 4.37. The summed E-state index contributed by atoms with van der Waals surface area (Å²) in [5, 5.41) is 20.1. The Bertz CT molecular complexity index is 1490. The molecule has 0 saturated carbocycles. The number of rotatable bonds is 5. The summed E-state index contributed by atoms with van der Waals surface area (Å²) < 4.78 is 9.17. The molecule has 9 nitrogen and oxygen atoms in total. The standard InChI is InChI=1S/C25H21N7O2/c1-16-24-20(18-7-9-19(10-8-18)34-14-17-5-3-2-4-6-17)13-23(33)27-25(24)32(29-16)22-12-11-21-28-26-15-31(21)30-22/h2-12,15,20H,13-14H2,1H3,(H,27,33). The second-order valence-electron chi connectivity index (χ2n) is 8.23. The van der Waals surface area contributed by atoms with E-state index in [2.05, 4.69) is 20.6 Å². The van der Waals surface area contributed by atoms with Crippen LogP contribution in [0.5, 0.6) is 5.75 Å². The monoisotopic (exact) mass is 451 g/mol. The van der Waals surface area contributed by atoms with Crippen molar-refractivity contribution in [3.8, 4) is 11.6 Å². The number of carbonyl (C=O) groups excluding carboxylic acids is 1. The third kappa shape index (κ3) is 3.57. The molecule has 0 saturated heterocycles. The number of fused-ring (bicyclic) bond motifs is 2. The molecule has 1 atom stereocenters. The molecule has 0 aliphatic carbocycles. The molecule has 0 fully saturated rings. The van der Waals surface area contributed by atoms with Gasteiger partial charge in [0.1, 0.15) is 24.5 Å². The number of nitrogens with zero attached hydrogens (tertiary/aromatic N) is 6. The normalized spacial score (nSPS) is 15.2. The van der Waals surface area contributed by atoms with Gasteiger partial charge in [0.15, 0.2) is 11.5 Å². The average molecular weight is 451 g/mol. The first-order valence-corrected chi connectivity index (χ1v) is 11.0. The number of carbonyl (C=O) groups is 1. The van der Waals surface area contributed by atoms with Crippen molar-refractivity contribution in [3.05, 3.63) is 95.4 Å². The van der Waals surface area contributed by atoms with Crippen LogP contribution in [0.2, 0.25) is 0 Å². The molecule has 2 aromatic carbocycles. The maximum absolute atomic E-state index is 12.7. The lowest BCUT2D eigenvalue weighted by molar-refractivity contribution is -0.116. The zero-order chi connectivity index (χ0) is 23.1. The summed E-state index contributed by atoms with van der Waals surface area (Å²) in [5.74, 6) is 1.82. The fourth-order valence-corrected chi connectivity index (χ4v) is 4.37. The van der Waals surface area contributed by atoms with Gasteiger partial charge in [-0.15, -0.1) is 15.3 Å². The zero-order valence-corrected chi connectivity index (χ0v) is 18.4. The molecule has 0 radical (unpaired) electrons. The van der Waals surface area contributed by atoms with Crippen molar-refractivity contribution < 1.29 is 9.53 Å². The van der Waals surface area contributed by atoms with Gasteiger partial charge in [-0.3, -0.25) is 4.79 Å². The largest absolute Gasteiger partial charge is 0.489 e. The first-order valence-electron chi connectivity index (χ1n) is 11.0. The highest BCUT2D eigenvalue weighted by Crippen LogP contribution is 2.40. The molecule has 168 valence electrons. The Morgan fingerprint density at radius 3 is 2.68 bits per heavy atom. The summed E-state index contributed by atoms with van der Waals surface area (Å²) in [6.45, 7) is 2.46. The number of anilines is 1. The first kappa shape index (κ1) is 20.1. The van der Waals surface area contributed by atoms with Gasteiger partial charge in [0, 0.05) is 17.9 Å². The summed E-state index contributed by atoms with van der Waals surface area (Å²) in [6, 6.07) is 21.6. The van der Waals surface area contributed by atoms with Gasteiger partial charge < -0.3 is 10.1 Å². The molecular weight excluding hydrogens is 430 g/mol. The number of nitrogens with one attached hydrogen (secondary N) is 1. The van der Waals surface area contributed by atoms with Crippen LogP contribution in [0.3, 0.4) is 0 Å². The van der Waals surface area contributed by atoms with E-state index in [4.69, 9.17) is 9.84 Å². The van der Waals surface area contributed by atoms with Gasteiger partial charge in [-0.25, -0.2) is 0 Å². The predicted molar refractivity (Wildman–Crippen MR) is 125 cm³/mol. The van der Waals surface area contributed by atoms with E-state index < -0.39 is 0 Å². The van der Waals surface area contributed by atoms with Gasteiger partial charge in [0.2, 0.25) is 5.91 Å². The average Bonchev–Trinajstić information content (AvgIpc) is 3.47. The molecule has 0 spiro atoms. The number of amides is 1. The zero-order valence-electron chi connectivity index (χ0n) is 18.4. The molecule has 34 heavy (non-hydrogen) atoms. The smallest absolute Gasteiger partial charge is 0.226 e. The molecule has 1 aliphatic rings. The molecule has 1 aliphatic heterocycles. The SMILES string of the molecule is Cc1nn(-c2ccc3nncn3n2)c2c1C(c1ccc(OCc3ccccc3)cc1)CC(=O)N2. The molecule has 1 amide bonds. The highest BCUT2D eigenvalue weighted by atomic mass is 16.5. The molecule has 1 N–H and O–H groups in total. The van der Waals surface area contributed by atoms with Crippen LogP contribution in [0.4, 0.5) is 5.82 Å². The third-order valence-corrected chi connectivity index (χ3v) is 6.00. The lowest BCUT2D eigenvalue weighted by Crippen LogP contribution is -2.25. The molecule has 5 aromatic rings. The van der Waals surface area contributed by atoms with Crippen molar-refractivity contribution in [2.24, 2.45) is 0 Å². The first-order chi connectivity index (χ1) is 16.7. The third-order valence-electron chi connectivity index (χ3n) is 6.00. The summed E-state index contributed by atoms with van der Waals surface area (Å²) in [7, 11) is 0. The van der Waals surface area contributed by atoms with Gasteiger partial charge in [0.25, 0.3) is 0 Å². The Morgan fingerprint density at radius 2 is 1.85 bits per heavy atom. The fraction of sp³-hybridized carbons (Fsp3) is 0.160. The molecule has 3 aromatic heterocycles. The van der Waals surface area contributed by atoms with Gasteiger partial charge in [-0.1, -0.05) is 42.5 Å². The van der Waals surface area contributed by atoms with E-state index in [-0.39, 0.29) is 11.8 Å². The molecular formula is C25H21N7O2. The molecule has 6 rings (SSSR count). The van der Waals surface area contributed by atoms with Gasteiger partial charge in [0.05, 0.1) is 5.69 Å². The maximum Gasteiger partial charge on any atom is 0.226 e. The molecule has 9 heteroatoms. The number of aryl methyl sites for hydroxylation is 1.